The van der Waals surface area contributed by atoms with Crippen molar-refractivity contribution in [2.24, 2.45) is 11.7 Å². The summed E-state index contributed by atoms with van der Waals surface area (Å²) in [7, 11) is 0. The first-order chi connectivity index (χ1) is 11.4. The van der Waals surface area contributed by atoms with Crippen LogP contribution >= 0.6 is 11.8 Å². The van der Waals surface area contributed by atoms with Crippen molar-refractivity contribution < 1.29 is 9.59 Å². The zero-order valence-corrected chi connectivity index (χ0v) is 15.8. The van der Waals surface area contributed by atoms with Gasteiger partial charge in [-0.25, -0.2) is 0 Å². The predicted molar refractivity (Wildman–Crippen MR) is 98.9 cm³/mol. The van der Waals surface area contributed by atoms with E-state index in [0.29, 0.717) is 6.54 Å². The predicted octanol–water partition coefficient (Wildman–Crippen LogP) is 0.564. The number of nitrogens with zero attached hydrogens (tertiary/aromatic N) is 1. The van der Waals surface area contributed by atoms with Gasteiger partial charge in [0.15, 0.2) is 0 Å². The highest BCUT2D eigenvalue weighted by Crippen LogP contribution is 2.36. The Bertz CT molecular complexity index is 432. The fourth-order valence-corrected chi connectivity index (χ4v) is 4.49. The minimum Gasteiger partial charge on any atom is -0.353 e. The summed E-state index contributed by atoms with van der Waals surface area (Å²) < 4.78 is 0. The van der Waals surface area contributed by atoms with E-state index in [1.807, 2.05) is 25.6 Å². The lowest BCUT2D eigenvalue weighted by Crippen LogP contribution is -2.57. The maximum absolute atomic E-state index is 12.1. The quantitative estimate of drug-likeness (QED) is 0.621. The highest BCUT2D eigenvalue weighted by molar-refractivity contribution is 7.99. The van der Waals surface area contributed by atoms with E-state index in [1.165, 1.54) is 24.3 Å². The molecule has 2 rings (SSSR count). The van der Waals surface area contributed by atoms with Gasteiger partial charge in [-0.05, 0) is 18.8 Å². The summed E-state index contributed by atoms with van der Waals surface area (Å²) in [4.78, 5) is 26.5. The van der Waals surface area contributed by atoms with Crippen molar-refractivity contribution in [1.29, 1.82) is 0 Å². The molecule has 138 valence electrons. The van der Waals surface area contributed by atoms with Crippen LogP contribution in [0, 0.1) is 5.92 Å². The van der Waals surface area contributed by atoms with Crippen LogP contribution in [0.5, 0.6) is 0 Å². The van der Waals surface area contributed by atoms with Crippen molar-refractivity contribution in [3.05, 3.63) is 0 Å². The Morgan fingerprint density at radius 2 is 1.79 bits per heavy atom. The molecule has 0 bridgehead atoms. The number of thioether (sulfide) groups is 1. The summed E-state index contributed by atoms with van der Waals surface area (Å²) in [6.45, 7) is 6.70. The molecular weight excluding hydrogens is 324 g/mol. The average Bonchev–Trinajstić information content (AvgIpc) is 3.08. The maximum atomic E-state index is 12.1. The summed E-state index contributed by atoms with van der Waals surface area (Å²) in [5.41, 5.74) is 5.91. The number of hydrogen-bond donors (Lipinski definition) is 3. The highest BCUT2D eigenvalue weighted by atomic mass is 32.2. The minimum absolute atomic E-state index is 0.00514. The van der Waals surface area contributed by atoms with Crippen LogP contribution in [0.1, 0.15) is 39.5 Å². The third kappa shape index (κ3) is 5.10. The van der Waals surface area contributed by atoms with Crippen LogP contribution in [0.3, 0.4) is 0 Å². The normalized spacial score (nSPS) is 22.3. The topological polar surface area (TPSA) is 87.5 Å². The monoisotopic (exact) mass is 356 g/mol. The van der Waals surface area contributed by atoms with Crippen LogP contribution in [-0.2, 0) is 9.59 Å². The van der Waals surface area contributed by atoms with E-state index in [0.717, 1.165) is 25.9 Å². The van der Waals surface area contributed by atoms with Crippen LogP contribution in [-0.4, -0.2) is 66.0 Å². The van der Waals surface area contributed by atoms with Crippen LogP contribution in [0.15, 0.2) is 0 Å². The summed E-state index contributed by atoms with van der Waals surface area (Å²) in [6.07, 6.45) is 4.78. The van der Waals surface area contributed by atoms with Crippen molar-refractivity contribution >= 4 is 23.6 Å². The van der Waals surface area contributed by atoms with Crippen LogP contribution in [0.2, 0.25) is 0 Å². The summed E-state index contributed by atoms with van der Waals surface area (Å²) in [5.74, 6) is 2.03. The van der Waals surface area contributed by atoms with Gasteiger partial charge in [-0.3, -0.25) is 14.5 Å². The molecule has 2 fully saturated rings. The molecule has 0 radical (unpaired) electrons. The molecule has 4 N–H and O–H groups in total. The number of carbonyl (C=O) groups is 2. The van der Waals surface area contributed by atoms with Gasteiger partial charge in [-0.2, -0.15) is 11.8 Å². The molecule has 1 saturated heterocycles. The lowest BCUT2D eigenvalue weighted by atomic mass is 9.94. The molecule has 24 heavy (non-hydrogen) atoms. The highest BCUT2D eigenvalue weighted by Gasteiger charge is 2.40. The van der Waals surface area contributed by atoms with Gasteiger partial charge < -0.3 is 16.4 Å². The first-order valence-corrected chi connectivity index (χ1v) is 10.2. The van der Waals surface area contributed by atoms with Gasteiger partial charge in [0.2, 0.25) is 11.8 Å². The number of hydrogen-bond acceptors (Lipinski definition) is 5. The second-order valence-corrected chi connectivity index (χ2v) is 8.52. The Kier molecular flexibility index (Phi) is 7.37. The molecule has 7 heteroatoms. The van der Waals surface area contributed by atoms with Crippen LogP contribution in [0.4, 0.5) is 0 Å². The molecular formula is C17H32N4O2S. The SMILES string of the molecule is CC(C)[C@H](N)C(=O)NCC(=O)NCC1(N2CCSCC2)CCCC1. The summed E-state index contributed by atoms with van der Waals surface area (Å²) >= 11 is 2.01. The Hall–Kier alpha value is -0.790. The Morgan fingerprint density at radius 3 is 2.38 bits per heavy atom. The summed E-state index contributed by atoms with van der Waals surface area (Å²) in [6, 6.07) is -0.565. The zero-order chi connectivity index (χ0) is 17.6. The molecule has 0 aromatic carbocycles. The maximum Gasteiger partial charge on any atom is 0.239 e. The van der Waals surface area contributed by atoms with Crippen molar-refractivity contribution in [2.75, 3.05) is 37.7 Å². The minimum atomic E-state index is -0.565. The zero-order valence-electron chi connectivity index (χ0n) is 15.0. The molecule has 1 aliphatic carbocycles. The lowest BCUT2D eigenvalue weighted by molar-refractivity contribution is -0.127. The molecule has 0 spiro atoms. The number of amides is 2. The van der Waals surface area contributed by atoms with E-state index < -0.39 is 6.04 Å². The van der Waals surface area contributed by atoms with E-state index >= 15 is 0 Å². The molecule has 2 aliphatic rings. The van der Waals surface area contributed by atoms with Gasteiger partial charge in [0.25, 0.3) is 0 Å². The third-order valence-electron chi connectivity index (χ3n) is 5.27. The molecule has 1 heterocycles. The van der Waals surface area contributed by atoms with Crippen molar-refractivity contribution in [1.82, 2.24) is 15.5 Å². The lowest BCUT2D eigenvalue weighted by Gasteiger charge is -2.43. The number of nitrogens with one attached hydrogen (secondary N) is 2. The number of rotatable bonds is 7. The third-order valence-corrected chi connectivity index (χ3v) is 6.22. The molecule has 1 atom stereocenters. The molecule has 0 aromatic heterocycles. The van der Waals surface area contributed by atoms with Gasteiger partial charge in [0.1, 0.15) is 0 Å². The van der Waals surface area contributed by atoms with Crippen molar-refractivity contribution in [2.45, 2.75) is 51.1 Å². The van der Waals surface area contributed by atoms with Crippen LogP contribution in [0.25, 0.3) is 0 Å². The standard InChI is InChI=1S/C17H32N4O2S/c1-13(2)15(18)16(23)19-11-14(22)20-12-17(5-3-4-6-17)21-7-9-24-10-8-21/h13,15H,3-12,18H2,1-2H3,(H,19,23)(H,20,22)/t15-/m0/s1. The van der Waals surface area contributed by atoms with Gasteiger partial charge >= 0.3 is 0 Å². The Balaban J connectivity index is 1.79. The molecule has 1 saturated carbocycles. The fraction of sp³-hybridized carbons (Fsp3) is 0.882. The fourth-order valence-electron chi connectivity index (χ4n) is 3.59. The average molecular weight is 357 g/mol. The molecule has 0 unspecified atom stereocenters. The van der Waals surface area contributed by atoms with Gasteiger partial charge in [-0.15, -0.1) is 0 Å². The van der Waals surface area contributed by atoms with Crippen LogP contribution < -0.4 is 16.4 Å². The van der Waals surface area contributed by atoms with Crippen molar-refractivity contribution in [3.63, 3.8) is 0 Å². The molecule has 6 nitrogen and oxygen atoms in total. The number of carbonyl (C=O) groups excluding carboxylic acids is 2. The van der Waals surface area contributed by atoms with Crippen molar-refractivity contribution in [3.8, 4) is 0 Å². The van der Waals surface area contributed by atoms with E-state index in [-0.39, 0.29) is 29.8 Å². The smallest absolute Gasteiger partial charge is 0.239 e. The largest absolute Gasteiger partial charge is 0.353 e. The van der Waals surface area contributed by atoms with Gasteiger partial charge in [-0.1, -0.05) is 26.7 Å². The van der Waals surface area contributed by atoms with E-state index in [9.17, 15) is 9.59 Å². The second kappa shape index (κ2) is 9.06. The summed E-state index contributed by atoms with van der Waals surface area (Å²) in [5, 5.41) is 5.68. The molecule has 0 aromatic rings. The second-order valence-electron chi connectivity index (χ2n) is 7.30. The van der Waals surface area contributed by atoms with E-state index in [4.69, 9.17) is 5.73 Å². The first-order valence-electron chi connectivity index (χ1n) is 9.07. The molecule has 1 aliphatic heterocycles. The van der Waals surface area contributed by atoms with E-state index in [1.54, 1.807) is 0 Å². The first kappa shape index (κ1) is 19.5. The van der Waals surface area contributed by atoms with E-state index in [2.05, 4.69) is 15.5 Å². The van der Waals surface area contributed by atoms with Gasteiger partial charge in [0, 0.05) is 36.7 Å². The van der Waals surface area contributed by atoms with Gasteiger partial charge in [0.05, 0.1) is 12.6 Å². The Labute approximate surface area is 149 Å². The Morgan fingerprint density at radius 1 is 1.17 bits per heavy atom. The number of nitrogens with two attached hydrogens (primary N) is 1. The molecule has 2 amide bonds.